The van der Waals surface area contributed by atoms with Crippen LogP contribution in [0.5, 0.6) is 0 Å². The molecule has 2 aliphatic rings. The third kappa shape index (κ3) is 1.50. The zero-order chi connectivity index (χ0) is 12.1. The first-order chi connectivity index (χ1) is 8.04. The highest BCUT2D eigenvalue weighted by Gasteiger charge is 2.47. The summed E-state index contributed by atoms with van der Waals surface area (Å²) in [4.78, 5) is 0. The molecule has 0 N–H and O–H groups in total. The van der Waals surface area contributed by atoms with E-state index < -0.39 is 0 Å². The molecule has 0 nitrogen and oxygen atoms in total. The third-order valence-electron chi connectivity index (χ3n) is 5.09. The van der Waals surface area contributed by atoms with E-state index in [1.165, 1.54) is 19.3 Å². The van der Waals surface area contributed by atoms with Gasteiger partial charge in [0.05, 0.1) is 0 Å². The molecule has 0 radical (unpaired) electrons. The quantitative estimate of drug-likeness (QED) is 0.572. The van der Waals surface area contributed by atoms with Crippen molar-refractivity contribution in [1.29, 1.82) is 0 Å². The first-order valence-corrected chi connectivity index (χ1v) is 6.80. The van der Waals surface area contributed by atoms with Gasteiger partial charge in [-0.25, -0.2) is 0 Å². The fourth-order valence-electron chi connectivity index (χ4n) is 4.27. The summed E-state index contributed by atoms with van der Waals surface area (Å²) in [6.07, 6.45) is 8.64. The van der Waals surface area contributed by atoms with Crippen LogP contribution in [0.2, 0.25) is 0 Å². The molecule has 2 unspecified atom stereocenters. The Morgan fingerprint density at radius 3 is 2.71 bits per heavy atom. The average molecular weight is 226 g/mol. The monoisotopic (exact) mass is 226 g/mol. The Bertz CT molecular complexity index is 467. The molecule has 0 fully saturated rings. The molecule has 0 bridgehead atoms. The van der Waals surface area contributed by atoms with E-state index in [4.69, 9.17) is 0 Å². The van der Waals surface area contributed by atoms with Gasteiger partial charge in [0.15, 0.2) is 0 Å². The normalized spacial score (nSPS) is 33.9. The van der Waals surface area contributed by atoms with Crippen molar-refractivity contribution < 1.29 is 0 Å². The van der Waals surface area contributed by atoms with Crippen molar-refractivity contribution >= 4 is 0 Å². The second-order valence-electron chi connectivity index (χ2n) is 6.59. The SMILES string of the molecule is CC1(C)C=CCC2(C)c3ccccc3CCC12. The van der Waals surface area contributed by atoms with Crippen molar-refractivity contribution in [3.63, 3.8) is 0 Å². The van der Waals surface area contributed by atoms with Gasteiger partial charge in [-0.2, -0.15) is 0 Å². The number of rotatable bonds is 0. The van der Waals surface area contributed by atoms with Crippen LogP contribution >= 0.6 is 0 Å². The van der Waals surface area contributed by atoms with E-state index in [0.717, 1.165) is 5.92 Å². The molecule has 0 heterocycles. The molecule has 0 heteroatoms. The van der Waals surface area contributed by atoms with Gasteiger partial charge in [0, 0.05) is 0 Å². The van der Waals surface area contributed by atoms with Crippen molar-refractivity contribution in [2.45, 2.75) is 45.4 Å². The van der Waals surface area contributed by atoms with Gasteiger partial charge >= 0.3 is 0 Å². The first-order valence-electron chi connectivity index (χ1n) is 6.80. The summed E-state index contributed by atoms with van der Waals surface area (Å²) >= 11 is 0. The molecule has 0 aromatic heterocycles. The minimum Gasteiger partial charge on any atom is -0.0871 e. The summed E-state index contributed by atoms with van der Waals surface area (Å²) in [5, 5.41) is 0. The second-order valence-corrected chi connectivity index (χ2v) is 6.59. The van der Waals surface area contributed by atoms with Gasteiger partial charge in [-0.05, 0) is 47.1 Å². The lowest BCUT2D eigenvalue weighted by Crippen LogP contribution is -2.45. The topological polar surface area (TPSA) is 0 Å². The molecule has 0 saturated heterocycles. The van der Waals surface area contributed by atoms with Crippen molar-refractivity contribution in [3.8, 4) is 0 Å². The molecule has 1 aromatic carbocycles. The molecule has 0 spiro atoms. The van der Waals surface area contributed by atoms with Crippen molar-refractivity contribution in [2.75, 3.05) is 0 Å². The summed E-state index contributed by atoms with van der Waals surface area (Å²) in [5.41, 5.74) is 3.89. The van der Waals surface area contributed by atoms with Crippen molar-refractivity contribution in [2.24, 2.45) is 11.3 Å². The van der Waals surface area contributed by atoms with E-state index in [-0.39, 0.29) is 0 Å². The fourth-order valence-corrected chi connectivity index (χ4v) is 4.27. The highest BCUT2D eigenvalue weighted by Crippen LogP contribution is 2.54. The van der Waals surface area contributed by atoms with Gasteiger partial charge in [0.2, 0.25) is 0 Å². The van der Waals surface area contributed by atoms with Crippen LogP contribution in [-0.2, 0) is 11.8 Å². The van der Waals surface area contributed by atoms with Crippen LogP contribution in [0.15, 0.2) is 36.4 Å². The van der Waals surface area contributed by atoms with E-state index in [9.17, 15) is 0 Å². The highest BCUT2D eigenvalue weighted by molar-refractivity contribution is 5.40. The largest absolute Gasteiger partial charge is 0.0871 e. The summed E-state index contributed by atoms with van der Waals surface area (Å²) in [5.74, 6) is 0.787. The van der Waals surface area contributed by atoms with Gasteiger partial charge in [0.25, 0.3) is 0 Å². The standard InChI is InChI=1S/C17H22/c1-16(2)11-6-12-17(3)14-8-5-4-7-13(14)9-10-15(16)17/h4-8,11,15H,9-10,12H2,1-3H3. The third-order valence-corrected chi connectivity index (χ3v) is 5.09. The lowest BCUT2D eigenvalue weighted by molar-refractivity contribution is 0.125. The minimum absolute atomic E-state index is 0.348. The number of hydrogen-bond donors (Lipinski definition) is 0. The Hall–Kier alpha value is -1.04. The molecule has 0 saturated carbocycles. The molecule has 90 valence electrons. The Labute approximate surface area is 105 Å². The van der Waals surface area contributed by atoms with Crippen LogP contribution in [0.3, 0.4) is 0 Å². The molecule has 2 atom stereocenters. The highest BCUT2D eigenvalue weighted by atomic mass is 14.5. The predicted octanol–water partition coefficient (Wildman–Crippen LogP) is 4.49. The summed E-state index contributed by atoms with van der Waals surface area (Å²) in [6.45, 7) is 7.28. The Morgan fingerprint density at radius 1 is 1.12 bits per heavy atom. The number of hydrogen-bond acceptors (Lipinski definition) is 0. The van der Waals surface area contributed by atoms with Crippen molar-refractivity contribution in [1.82, 2.24) is 0 Å². The van der Waals surface area contributed by atoms with Crippen LogP contribution in [0.25, 0.3) is 0 Å². The van der Waals surface area contributed by atoms with Gasteiger partial charge in [-0.15, -0.1) is 0 Å². The maximum atomic E-state index is 2.47. The predicted molar refractivity (Wildman–Crippen MR) is 73.1 cm³/mol. The average Bonchev–Trinajstić information content (AvgIpc) is 2.28. The Balaban J connectivity index is 2.16. The molecule has 17 heavy (non-hydrogen) atoms. The maximum absolute atomic E-state index is 2.47. The maximum Gasteiger partial charge on any atom is -0.000171 e. The van der Waals surface area contributed by atoms with Crippen LogP contribution in [-0.4, -0.2) is 0 Å². The van der Waals surface area contributed by atoms with Gasteiger partial charge in [-0.3, -0.25) is 0 Å². The van der Waals surface area contributed by atoms with Crippen LogP contribution < -0.4 is 0 Å². The molecule has 0 aliphatic heterocycles. The number of aryl methyl sites for hydroxylation is 1. The summed E-state index contributed by atoms with van der Waals surface area (Å²) in [6, 6.07) is 9.07. The Morgan fingerprint density at radius 2 is 1.88 bits per heavy atom. The summed E-state index contributed by atoms with van der Waals surface area (Å²) in [7, 11) is 0. The lowest BCUT2D eigenvalue weighted by atomic mass is 9.52. The van der Waals surface area contributed by atoms with Crippen LogP contribution in [0.1, 0.15) is 44.7 Å². The van der Waals surface area contributed by atoms with E-state index in [0.29, 0.717) is 10.8 Å². The first kappa shape index (κ1) is 11.1. The zero-order valence-electron chi connectivity index (χ0n) is 11.2. The van der Waals surface area contributed by atoms with E-state index >= 15 is 0 Å². The number of benzene rings is 1. The number of fused-ring (bicyclic) bond motifs is 3. The zero-order valence-corrected chi connectivity index (χ0v) is 11.2. The van der Waals surface area contributed by atoms with Crippen LogP contribution in [0, 0.1) is 11.3 Å². The molecular weight excluding hydrogens is 204 g/mol. The lowest BCUT2D eigenvalue weighted by Gasteiger charge is -2.51. The molecular formula is C17H22. The summed E-state index contributed by atoms with van der Waals surface area (Å²) < 4.78 is 0. The fraction of sp³-hybridized carbons (Fsp3) is 0.529. The molecule has 3 rings (SSSR count). The van der Waals surface area contributed by atoms with Crippen molar-refractivity contribution in [3.05, 3.63) is 47.5 Å². The van der Waals surface area contributed by atoms with E-state index in [2.05, 4.69) is 57.2 Å². The Kier molecular flexibility index (Phi) is 2.26. The molecule has 2 aliphatic carbocycles. The second kappa shape index (κ2) is 3.48. The van der Waals surface area contributed by atoms with E-state index in [1.54, 1.807) is 11.1 Å². The van der Waals surface area contributed by atoms with E-state index in [1.807, 2.05) is 0 Å². The molecule has 1 aromatic rings. The van der Waals surface area contributed by atoms with Gasteiger partial charge < -0.3 is 0 Å². The number of allylic oxidation sites excluding steroid dienone is 2. The minimum atomic E-state index is 0.348. The smallest absolute Gasteiger partial charge is 0.000171 e. The van der Waals surface area contributed by atoms with Gasteiger partial charge in [0.1, 0.15) is 0 Å². The van der Waals surface area contributed by atoms with Gasteiger partial charge in [-0.1, -0.05) is 57.2 Å². The molecule has 0 amide bonds. The van der Waals surface area contributed by atoms with Crippen LogP contribution in [0.4, 0.5) is 0 Å².